The monoisotopic (exact) mass is 822 g/mol. The van der Waals surface area contributed by atoms with Gasteiger partial charge < -0.3 is 5.73 Å². The number of nitrogens with two attached hydrogens (primary N) is 1. The van der Waals surface area contributed by atoms with E-state index < -0.39 is 0 Å². The second kappa shape index (κ2) is 13.8. The third-order valence-electron chi connectivity index (χ3n) is 7.66. The van der Waals surface area contributed by atoms with E-state index in [1.165, 1.54) is 6.07 Å². The zero-order chi connectivity index (χ0) is 33.2. The molecule has 0 bridgehead atoms. The minimum Gasteiger partial charge on any atom is -0.369 e. The molecule has 0 aliphatic rings. The number of imidazole rings is 3. The third-order valence-corrected chi connectivity index (χ3v) is 9.29. The first kappa shape index (κ1) is 31.8. The van der Waals surface area contributed by atoms with Crippen molar-refractivity contribution in [1.82, 2.24) is 23.5 Å². The summed E-state index contributed by atoms with van der Waals surface area (Å²) < 4.78 is 21.2. The number of hydrogen-bond donors (Lipinski definition) is 1. The number of para-hydroxylation sites is 6. The molecule has 9 aromatic rings. The second-order valence-corrected chi connectivity index (χ2v) is 13.4. The summed E-state index contributed by atoms with van der Waals surface area (Å²) in [6.07, 6.45) is 0. The van der Waals surface area contributed by atoms with Gasteiger partial charge in [0, 0.05) is 20.3 Å². The minimum atomic E-state index is -0.246. The van der Waals surface area contributed by atoms with Crippen LogP contribution in [0.1, 0.15) is 0 Å². The van der Waals surface area contributed by atoms with Gasteiger partial charge in [0.2, 0.25) is 11.7 Å². The molecule has 2 N–H and O–H groups in total. The molecule has 0 unspecified atom stereocenters. The molecule has 0 spiro atoms. The standard InChI is InChI=1S/C19H12BrN3.C13H11N3.C6H3Br2F/c20-13-10-11-16-15(12-13)21-19-22(14-6-2-1-3-7-14)17-8-4-5-9-18(17)23(16)19;14-13-15-11-8-4-5-9-12(11)16(13)10-6-2-1-3-7-10;7-4-1-2-5(8)6(9)3-4/h1-12H;1-9H,(H2,14,15);1-3H. The Morgan fingerprint density at radius 3 is 1.73 bits per heavy atom. The summed E-state index contributed by atoms with van der Waals surface area (Å²) in [5, 5.41) is 0. The van der Waals surface area contributed by atoms with Crippen LogP contribution in [0.2, 0.25) is 0 Å². The molecular weight excluding hydrogens is 799 g/mol. The topological polar surface area (TPSA) is 66.1 Å². The highest BCUT2D eigenvalue weighted by Crippen LogP contribution is 2.30. The minimum absolute atomic E-state index is 0.246. The summed E-state index contributed by atoms with van der Waals surface area (Å²) in [4.78, 5) is 9.22. The summed E-state index contributed by atoms with van der Waals surface area (Å²) in [5.41, 5.74) is 14.5. The molecular formula is C38H26Br3FN6. The highest BCUT2D eigenvalue weighted by molar-refractivity contribution is 9.11. The van der Waals surface area contributed by atoms with E-state index in [-0.39, 0.29) is 5.82 Å². The van der Waals surface area contributed by atoms with Crippen LogP contribution >= 0.6 is 47.8 Å². The number of halogens is 4. The number of hydrogen-bond acceptors (Lipinski definition) is 3. The smallest absolute Gasteiger partial charge is 0.220 e. The van der Waals surface area contributed by atoms with Gasteiger partial charge in [-0.3, -0.25) is 13.5 Å². The van der Waals surface area contributed by atoms with Crippen LogP contribution in [0.3, 0.4) is 0 Å². The fraction of sp³-hybridized carbons (Fsp3) is 0. The summed E-state index contributed by atoms with van der Waals surface area (Å²) >= 11 is 9.70. The normalized spacial score (nSPS) is 11.0. The van der Waals surface area contributed by atoms with Crippen molar-refractivity contribution in [1.29, 1.82) is 0 Å². The Kier molecular flexibility index (Phi) is 9.12. The van der Waals surface area contributed by atoms with Crippen LogP contribution in [0.25, 0.3) is 50.3 Å². The highest BCUT2D eigenvalue weighted by Gasteiger charge is 2.16. The Labute approximate surface area is 300 Å². The van der Waals surface area contributed by atoms with Gasteiger partial charge in [-0.25, -0.2) is 14.4 Å². The predicted molar refractivity (Wildman–Crippen MR) is 205 cm³/mol. The third kappa shape index (κ3) is 6.26. The Balaban J connectivity index is 0.000000126. The summed E-state index contributed by atoms with van der Waals surface area (Å²) in [5.74, 6) is 1.21. The maximum Gasteiger partial charge on any atom is 0.220 e. The van der Waals surface area contributed by atoms with E-state index in [0.717, 1.165) is 59.2 Å². The number of nitrogens with zero attached hydrogens (tertiary/aromatic N) is 5. The molecule has 6 nitrogen and oxygen atoms in total. The molecule has 0 aliphatic heterocycles. The first-order valence-electron chi connectivity index (χ1n) is 14.9. The molecule has 48 heavy (non-hydrogen) atoms. The number of fused-ring (bicyclic) bond motifs is 6. The van der Waals surface area contributed by atoms with Gasteiger partial charge in [-0.15, -0.1) is 0 Å². The van der Waals surface area contributed by atoms with Crippen molar-refractivity contribution >= 4 is 92.6 Å². The number of aromatic nitrogens is 5. The molecule has 3 heterocycles. The molecule has 0 fully saturated rings. The van der Waals surface area contributed by atoms with Crippen molar-refractivity contribution < 1.29 is 4.39 Å². The first-order valence-corrected chi connectivity index (χ1v) is 17.3. The molecule has 0 aliphatic carbocycles. The van der Waals surface area contributed by atoms with Gasteiger partial charge >= 0.3 is 0 Å². The molecule has 0 amide bonds. The lowest BCUT2D eigenvalue weighted by Gasteiger charge is -2.05. The Morgan fingerprint density at radius 1 is 0.500 bits per heavy atom. The van der Waals surface area contributed by atoms with Crippen LogP contribution in [0.5, 0.6) is 0 Å². The Bertz CT molecular complexity index is 2520. The molecule has 9 rings (SSSR count). The van der Waals surface area contributed by atoms with Gasteiger partial charge in [0.05, 0.1) is 37.6 Å². The van der Waals surface area contributed by atoms with Crippen LogP contribution in [-0.4, -0.2) is 23.5 Å². The van der Waals surface area contributed by atoms with Crippen molar-refractivity contribution in [3.05, 3.63) is 165 Å². The Morgan fingerprint density at radius 2 is 1.06 bits per heavy atom. The number of benzene rings is 6. The van der Waals surface area contributed by atoms with Gasteiger partial charge in [-0.1, -0.05) is 92.5 Å². The second-order valence-electron chi connectivity index (χ2n) is 10.7. The van der Waals surface area contributed by atoms with E-state index in [2.05, 4.69) is 128 Å². The summed E-state index contributed by atoms with van der Waals surface area (Å²) in [6.45, 7) is 0. The SMILES string of the molecule is Brc1ccc2c(c1)nc1n(-c3ccccc3)c3ccccc3n21.Fc1cc(Br)ccc1Br.Nc1nc2ccccc2n1-c1ccccc1. The lowest BCUT2D eigenvalue weighted by molar-refractivity contribution is 0.620. The average molecular weight is 825 g/mol. The quantitative estimate of drug-likeness (QED) is 0.177. The van der Waals surface area contributed by atoms with Gasteiger partial charge in [-0.2, -0.15) is 0 Å². The predicted octanol–water partition coefficient (Wildman–Crippen LogP) is 11.2. The van der Waals surface area contributed by atoms with Crippen molar-refractivity contribution in [2.45, 2.75) is 0 Å². The van der Waals surface area contributed by atoms with E-state index >= 15 is 0 Å². The Hall–Kier alpha value is -4.77. The van der Waals surface area contributed by atoms with Crippen LogP contribution in [0.15, 0.2) is 159 Å². The van der Waals surface area contributed by atoms with E-state index in [4.69, 9.17) is 10.7 Å². The zero-order valence-corrected chi connectivity index (χ0v) is 29.9. The van der Waals surface area contributed by atoms with Gasteiger partial charge in [0.25, 0.3) is 0 Å². The van der Waals surface area contributed by atoms with E-state index in [0.29, 0.717) is 10.4 Å². The summed E-state index contributed by atoms with van der Waals surface area (Å²) in [7, 11) is 0. The molecule has 0 atom stereocenters. The van der Waals surface area contributed by atoms with Gasteiger partial charge in [-0.05, 0) is 101 Å². The van der Waals surface area contributed by atoms with Crippen LogP contribution < -0.4 is 5.73 Å². The van der Waals surface area contributed by atoms with Gasteiger partial charge in [0.1, 0.15) is 5.82 Å². The number of anilines is 1. The van der Waals surface area contributed by atoms with E-state index in [1.54, 1.807) is 12.1 Å². The van der Waals surface area contributed by atoms with Crippen molar-refractivity contribution in [2.75, 3.05) is 5.73 Å². The van der Waals surface area contributed by atoms with E-state index in [1.807, 2.05) is 65.2 Å². The van der Waals surface area contributed by atoms with Gasteiger partial charge in [0.15, 0.2) is 0 Å². The molecule has 0 radical (unpaired) electrons. The van der Waals surface area contributed by atoms with Crippen LogP contribution in [-0.2, 0) is 0 Å². The maximum absolute atomic E-state index is 12.5. The van der Waals surface area contributed by atoms with Crippen molar-refractivity contribution in [3.8, 4) is 11.4 Å². The lowest BCUT2D eigenvalue weighted by atomic mass is 10.2. The lowest BCUT2D eigenvalue weighted by Crippen LogP contribution is -1.99. The molecule has 236 valence electrons. The van der Waals surface area contributed by atoms with Crippen molar-refractivity contribution in [2.24, 2.45) is 0 Å². The van der Waals surface area contributed by atoms with Crippen LogP contribution in [0, 0.1) is 5.82 Å². The maximum atomic E-state index is 12.5. The number of rotatable bonds is 2. The summed E-state index contributed by atoms with van der Waals surface area (Å²) in [6, 6.07) is 47.8. The van der Waals surface area contributed by atoms with Crippen LogP contribution in [0.4, 0.5) is 10.3 Å². The largest absolute Gasteiger partial charge is 0.369 e. The molecule has 6 aromatic carbocycles. The van der Waals surface area contributed by atoms with Crippen molar-refractivity contribution in [3.63, 3.8) is 0 Å². The fourth-order valence-corrected chi connectivity index (χ4v) is 6.50. The molecule has 3 aromatic heterocycles. The van der Waals surface area contributed by atoms with E-state index in [9.17, 15) is 4.39 Å². The number of nitrogen functional groups attached to an aromatic ring is 1. The first-order chi connectivity index (χ1) is 23.4. The zero-order valence-electron chi connectivity index (χ0n) is 25.2. The average Bonchev–Trinajstić information content (AvgIpc) is 3.75. The molecule has 0 saturated heterocycles. The fourth-order valence-electron chi connectivity index (χ4n) is 5.57. The molecule has 0 saturated carbocycles. The highest BCUT2D eigenvalue weighted by atomic mass is 79.9. The molecule has 10 heteroatoms.